The second kappa shape index (κ2) is 9.36. The summed E-state index contributed by atoms with van der Waals surface area (Å²) >= 11 is 2.77. The zero-order chi connectivity index (χ0) is 24.5. The van der Waals surface area contributed by atoms with Crippen molar-refractivity contribution in [2.24, 2.45) is 0 Å². The Hall–Kier alpha value is -3.95. The van der Waals surface area contributed by atoms with Gasteiger partial charge in [0.1, 0.15) is 15.5 Å². The van der Waals surface area contributed by atoms with E-state index in [0.29, 0.717) is 38.0 Å². The van der Waals surface area contributed by atoms with Gasteiger partial charge in [0, 0.05) is 11.1 Å². The molecule has 0 bridgehead atoms. The summed E-state index contributed by atoms with van der Waals surface area (Å²) in [5, 5.41) is 5.38. The highest BCUT2D eigenvalue weighted by atomic mass is 32.1. The van der Waals surface area contributed by atoms with E-state index in [9.17, 15) is 9.18 Å². The van der Waals surface area contributed by atoms with E-state index < -0.39 is 11.7 Å². The van der Waals surface area contributed by atoms with Crippen LogP contribution in [-0.4, -0.2) is 25.1 Å². The lowest BCUT2D eigenvalue weighted by Gasteiger charge is -2.12. The Morgan fingerprint density at radius 1 is 1.03 bits per heavy atom. The lowest BCUT2D eigenvalue weighted by molar-refractivity contribution is 0.103. The number of aromatic nitrogens is 1. The summed E-state index contributed by atoms with van der Waals surface area (Å²) in [6, 6.07) is 17.2. The van der Waals surface area contributed by atoms with Gasteiger partial charge < -0.3 is 20.5 Å². The highest BCUT2D eigenvalue weighted by Gasteiger charge is 2.22. The minimum Gasteiger partial charge on any atom is -0.493 e. The Kier molecular flexibility index (Phi) is 6.10. The van der Waals surface area contributed by atoms with Gasteiger partial charge in [-0.15, -0.1) is 22.7 Å². The monoisotopic (exact) mass is 505 g/mol. The Morgan fingerprint density at radius 2 is 1.86 bits per heavy atom. The van der Waals surface area contributed by atoms with Gasteiger partial charge >= 0.3 is 0 Å². The summed E-state index contributed by atoms with van der Waals surface area (Å²) < 4.78 is 24.5. The number of rotatable bonds is 6. The molecular formula is C26H20FN3O3S2. The topological polar surface area (TPSA) is 86.5 Å². The smallest absolute Gasteiger partial charge is 0.267 e. The summed E-state index contributed by atoms with van der Waals surface area (Å²) in [5.74, 6) is 0.316. The molecule has 0 atom stereocenters. The molecular weight excluding hydrogens is 485 g/mol. The molecule has 0 saturated carbocycles. The fourth-order valence-electron chi connectivity index (χ4n) is 3.83. The van der Waals surface area contributed by atoms with Crippen LogP contribution in [0.3, 0.4) is 0 Å². The van der Waals surface area contributed by atoms with Gasteiger partial charge in [0.25, 0.3) is 5.91 Å². The quantitative estimate of drug-likeness (QED) is 0.269. The first-order chi connectivity index (χ1) is 17.0. The third-order valence-electron chi connectivity index (χ3n) is 5.46. The van der Waals surface area contributed by atoms with Crippen LogP contribution in [0.15, 0.2) is 66.0 Å². The lowest BCUT2D eigenvalue weighted by Crippen LogP contribution is -2.12. The first-order valence-corrected chi connectivity index (χ1v) is 12.2. The van der Waals surface area contributed by atoms with E-state index in [4.69, 9.17) is 20.2 Å². The number of halogens is 1. The predicted octanol–water partition coefficient (Wildman–Crippen LogP) is 6.68. The van der Waals surface area contributed by atoms with Crippen molar-refractivity contribution >= 4 is 50.2 Å². The number of nitrogen functional groups attached to an aromatic ring is 1. The first-order valence-electron chi connectivity index (χ1n) is 10.5. The summed E-state index contributed by atoms with van der Waals surface area (Å²) in [6.45, 7) is 0. The number of thiophene rings is 2. The van der Waals surface area contributed by atoms with Crippen LogP contribution in [0.2, 0.25) is 0 Å². The largest absolute Gasteiger partial charge is 0.493 e. The summed E-state index contributed by atoms with van der Waals surface area (Å²) in [6.07, 6.45) is 0. The predicted molar refractivity (Wildman–Crippen MR) is 140 cm³/mol. The van der Waals surface area contributed by atoms with Crippen molar-refractivity contribution in [1.29, 1.82) is 0 Å². The van der Waals surface area contributed by atoms with Crippen LogP contribution in [0.4, 0.5) is 15.8 Å². The van der Waals surface area contributed by atoms with E-state index in [-0.39, 0.29) is 0 Å². The Morgan fingerprint density at radius 3 is 2.57 bits per heavy atom. The molecule has 3 heterocycles. The maximum atomic E-state index is 13.6. The van der Waals surface area contributed by atoms with Gasteiger partial charge in [-0.05, 0) is 59.0 Å². The minimum atomic E-state index is -0.440. The van der Waals surface area contributed by atoms with Gasteiger partial charge in [-0.1, -0.05) is 18.2 Å². The number of ether oxygens (including phenoxy) is 2. The molecule has 6 nitrogen and oxygen atoms in total. The molecule has 5 rings (SSSR count). The summed E-state index contributed by atoms with van der Waals surface area (Å²) in [4.78, 5) is 19.8. The second-order valence-electron chi connectivity index (χ2n) is 7.59. The second-order valence-corrected chi connectivity index (χ2v) is 9.54. The van der Waals surface area contributed by atoms with Crippen molar-refractivity contribution in [2.75, 3.05) is 25.3 Å². The number of benzene rings is 2. The highest BCUT2D eigenvalue weighted by Crippen LogP contribution is 2.43. The van der Waals surface area contributed by atoms with Crippen LogP contribution in [-0.2, 0) is 0 Å². The van der Waals surface area contributed by atoms with E-state index in [1.54, 1.807) is 31.6 Å². The molecule has 0 radical (unpaired) electrons. The Labute approximate surface area is 208 Å². The van der Waals surface area contributed by atoms with Crippen molar-refractivity contribution in [1.82, 2.24) is 4.98 Å². The van der Waals surface area contributed by atoms with E-state index in [1.807, 2.05) is 41.8 Å². The van der Waals surface area contributed by atoms with Gasteiger partial charge in [0.05, 0.1) is 30.5 Å². The van der Waals surface area contributed by atoms with Crippen molar-refractivity contribution in [2.45, 2.75) is 0 Å². The molecule has 0 spiro atoms. The third-order valence-corrected chi connectivity index (χ3v) is 7.45. The normalized spacial score (nSPS) is 10.9. The zero-order valence-electron chi connectivity index (χ0n) is 18.8. The molecule has 0 aliphatic heterocycles. The van der Waals surface area contributed by atoms with Crippen LogP contribution in [0.25, 0.3) is 31.9 Å². The van der Waals surface area contributed by atoms with E-state index >= 15 is 0 Å². The first kappa shape index (κ1) is 22.8. The average Bonchev–Trinajstić information content (AvgIpc) is 3.51. The maximum absolute atomic E-state index is 13.6. The number of methoxy groups -OCH3 is 2. The molecule has 1 amide bonds. The number of nitrogens with two attached hydrogens (primary N) is 1. The number of hydrogen-bond donors (Lipinski definition) is 2. The van der Waals surface area contributed by atoms with Gasteiger partial charge in [0.15, 0.2) is 11.5 Å². The minimum absolute atomic E-state index is 0.307. The van der Waals surface area contributed by atoms with E-state index in [1.165, 1.54) is 29.5 Å². The number of carbonyl (C=O) groups excluding carboxylic acids is 1. The van der Waals surface area contributed by atoms with Gasteiger partial charge in [-0.3, -0.25) is 4.79 Å². The molecule has 0 unspecified atom stereocenters. The molecule has 35 heavy (non-hydrogen) atoms. The number of amides is 1. The molecule has 3 N–H and O–H groups in total. The van der Waals surface area contributed by atoms with Crippen molar-refractivity contribution in [3.05, 3.63) is 76.7 Å². The highest BCUT2D eigenvalue weighted by molar-refractivity contribution is 7.21. The fourth-order valence-corrected chi connectivity index (χ4v) is 5.53. The van der Waals surface area contributed by atoms with Gasteiger partial charge in [0.2, 0.25) is 0 Å². The lowest BCUT2D eigenvalue weighted by atomic mass is 10.0. The SMILES string of the molecule is COc1ccc(-c2cc(-c3cccs3)nc3sc(C(=O)Nc4cccc(F)c4)c(N)c23)cc1OC. The van der Waals surface area contributed by atoms with Gasteiger partial charge in [-0.2, -0.15) is 0 Å². The number of carbonyl (C=O) groups is 1. The molecule has 0 aliphatic carbocycles. The van der Waals surface area contributed by atoms with Crippen LogP contribution in [0.1, 0.15) is 9.67 Å². The van der Waals surface area contributed by atoms with Crippen molar-refractivity contribution in [3.63, 3.8) is 0 Å². The van der Waals surface area contributed by atoms with Crippen molar-refractivity contribution < 1.29 is 18.7 Å². The molecule has 2 aromatic carbocycles. The van der Waals surface area contributed by atoms with E-state index in [2.05, 4.69) is 5.32 Å². The number of anilines is 2. The van der Waals surface area contributed by atoms with E-state index in [0.717, 1.165) is 21.7 Å². The third kappa shape index (κ3) is 4.31. The molecule has 176 valence electrons. The zero-order valence-corrected chi connectivity index (χ0v) is 20.4. The van der Waals surface area contributed by atoms with Crippen LogP contribution >= 0.6 is 22.7 Å². The average molecular weight is 506 g/mol. The van der Waals surface area contributed by atoms with Crippen molar-refractivity contribution in [3.8, 4) is 33.2 Å². The van der Waals surface area contributed by atoms with Crippen LogP contribution in [0.5, 0.6) is 11.5 Å². The summed E-state index contributed by atoms with van der Waals surface area (Å²) in [5.41, 5.74) is 9.63. The fraction of sp³-hybridized carbons (Fsp3) is 0.0769. The molecule has 3 aromatic heterocycles. The number of nitrogens with zero attached hydrogens (tertiary/aromatic N) is 1. The molecule has 0 saturated heterocycles. The Bertz CT molecular complexity index is 1550. The van der Waals surface area contributed by atoms with Crippen LogP contribution in [0, 0.1) is 5.82 Å². The van der Waals surface area contributed by atoms with Gasteiger partial charge in [-0.25, -0.2) is 9.37 Å². The summed E-state index contributed by atoms with van der Waals surface area (Å²) in [7, 11) is 3.16. The maximum Gasteiger partial charge on any atom is 0.267 e. The molecule has 9 heteroatoms. The standard InChI is InChI=1S/C26H20FN3O3S2/c1-32-19-9-8-14(11-20(19)33-2)17-13-18(21-7-4-10-34-21)30-26-22(17)23(28)24(35-26)25(31)29-16-6-3-5-15(27)12-16/h3-13H,28H2,1-2H3,(H,29,31). The number of pyridine rings is 1. The number of hydrogen-bond acceptors (Lipinski definition) is 7. The molecule has 0 aliphatic rings. The molecule has 5 aromatic rings. The Balaban J connectivity index is 1.68. The number of nitrogens with one attached hydrogen (secondary N) is 1. The number of fused-ring (bicyclic) bond motifs is 1. The van der Waals surface area contributed by atoms with Crippen LogP contribution < -0.4 is 20.5 Å². The molecule has 0 fully saturated rings.